The molecule has 1 aromatic carbocycles. The number of hydrogen-bond acceptors (Lipinski definition) is 4. The zero-order chi connectivity index (χ0) is 13.0. The molecule has 6 heteroatoms. The van der Waals surface area contributed by atoms with Gasteiger partial charge in [-0.1, -0.05) is 0 Å². The molecule has 0 aliphatic carbocycles. The molecule has 0 unspecified atom stereocenters. The Bertz CT molecular complexity index is 421. The van der Waals surface area contributed by atoms with E-state index in [2.05, 4.69) is 5.32 Å². The van der Waals surface area contributed by atoms with Crippen LogP contribution in [-0.4, -0.2) is 31.6 Å². The summed E-state index contributed by atoms with van der Waals surface area (Å²) in [7, 11) is 2.84. The first-order chi connectivity index (χ1) is 8.01. The standard InChI is InChI=1S/C11H13F2NO3/c1-14-5-9(15)7-3-6(17-2)4-8(10(7)16)11(12)13/h3-4,11,14,16H,5H2,1-2H3. The van der Waals surface area contributed by atoms with E-state index in [1.54, 1.807) is 7.05 Å². The maximum Gasteiger partial charge on any atom is 0.267 e. The van der Waals surface area contributed by atoms with Crippen molar-refractivity contribution in [1.29, 1.82) is 0 Å². The Morgan fingerprint density at radius 1 is 1.53 bits per heavy atom. The number of nitrogens with one attached hydrogen (secondary N) is 1. The van der Waals surface area contributed by atoms with Crippen LogP contribution in [0.15, 0.2) is 12.1 Å². The molecule has 4 nitrogen and oxygen atoms in total. The quantitative estimate of drug-likeness (QED) is 0.776. The van der Waals surface area contributed by atoms with Crippen LogP contribution in [0.3, 0.4) is 0 Å². The van der Waals surface area contributed by atoms with Crippen LogP contribution in [-0.2, 0) is 0 Å². The molecule has 1 rings (SSSR count). The summed E-state index contributed by atoms with van der Waals surface area (Å²) in [5, 5.41) is 12.2. The van der Waals surface area contributed by atoms with Crippen molar-refractivity contribution in [3.63, 3.8) is 0 Å². The number of carbonyl (C=O) groups excluding carboxylic acids is 1. The molecule has 0 radical (unpaired) electrons. The van der Waals surface area contributed by atoms with Crippen molar-refractivity contribution in [3.05, 3.63) is 23.3 Å². The third-order valence-corrected chi connectivity index (χ3v) is 2.22. The molecular weight excluding hydrogens is 232 g/mol. The van der Waals surface area contributed by atoms with Crippen LogP contribution in [0.1, 0.15) is 22.3 Å². The summed E-state index contributed by atoms with van der Waals surface area (Å²) in [5.41, 5.74) is -0.780. The Balaban J connectivity index is 3.28. The Hall–Kier alpha value is -1.69. The molecule has 1 aromatic rings. The number of rotatable bonds is 5. The van der Waals surface area contributed by atoms with Crippen molar-refractivity contribution >= 4 is 5.78 Å². The van der Waals surface area contributed by atoms with Crippen molar-refractivity contribution in [3.8, 4) is 11.5 Å². The zero-order valence-electron chi connectivity index (χ0n) is 9.46. The normalized spacial score (nSPS) is 10.6. The van der Waals surface area contributed by atoms with Crippen LogP contribution < -0.4 is 10.1 Å². The van der Waals surface area contributed by atoms with Gasteiger partial charge in [0, 0.05) is 0 Å². The number of halogens is 2. The summed E-state index contributed by atoms with van der Waals surface area (Å²) in [6.45, 7) is -0.0522. The van der Waals surface area contributed by atoms with Gasteiger partial charge in [0.1, 0.15) is 11.5 Å². The number of likely N-dealkylation sites (N-methyl/N-ethyl adjacent to an activating group) is 1. The highest BCUT2D eigenvalue weighted by Crippen LogP contribution is 2.35. The Kier molecular flexibility index (Phi) is 4.39. The van der Waals surface area contributed by atoms with Gasteiger partial charge >= 0.3 is 0 Å². The van der Waals surface area contributed by atoms with E-state index < -0.39 is 23.5 Å². The lowest BCUT2D eigenvalue weighted by Gasteiger charge is -2.11. The topological polar surface area (TPSA) is 58.6 Å². The number of benzene rings is 1. The molecule has 17 heavy (non-hydrogen) atoms. The molecule has 0 aliphatic heterocycles. The van der Waals surface area contributed by atoms with Crippen LogP contribution in [0.2, 0.25) is 0 Å². The number of ketones is 1. The van der Waals surface area contributed by atoms with E-state index in [4.69, 9.17) is 4.74 Å². The monoisotopic (exact) mass is 245 g/mol. The number of phenolic OH excluding ortho intramolecular Hbond substituents is 1. The molecule has 0 heterocycles. The summed E-state index contributed by atoms with van der Waals surface area (Å²) in [6.07, 6.45) is -2.87. The number of carbonyl (C=O) groups is 1. The van der Waals surface area contributed by atoms with Crippen molar-refractivity contribution in [2.75, 3.05) is 20.7 Å². The summed E-state index contributed by atoms with van der Waals surface area (Å²) < 4.78 is 30.1. The van der Waals surface area contributed by atoms with Gasteiger partial charge in [-0.15, -0.1) is 0 Å². The van der Waals surface area contributed by atoms with Gasteiger partial charge in [0.25, 0.3) is 6.43 Å². The van der Waals surface area contributed by atoms with E-state index in [1.165, 1.54) is 13.2 Å². The molecular formula is C11H13F2NO3. The Morgan fingerprint density at radius 3 is 2.65 bits per heavy atom. The second kappa shape index (κ2) is 5.58. The van der Waals surface area contributed by atoms with Crippen LogP contribution in [0.4, 0.5) is 8.78 Å². The molecule has 0 spiro atoms. The molecule has 0 aliphatic rings. The number of alkyl halides is 2. The van der Waals surface area contributed by atoms with Crippen LogP contribution in [0.25, 0.3) is 0 Å². The molecule has 0 aromatic heterocycles. The first kappa shape index (κ1) is 13.4. The fourth-order valence-electron chi connectivity index (χ4n) is 1.38. The number of methoxy groups -OCH3 is 1. The SMILES string of the molecule is CNCC(=O)c1cc(OC)cc(C(F)F)c1O. The first-order valence-electron chi connectivity index (χ1n) is 4.88. The van der Waals surface area contributed by atoms with Crippen molar-refractivity contribution in [2.45, 2.75) is 6.43 Å². The highest BCUT2D eigenvalue weighted by atomic mass is 19.3. The molecule has 0 atom stereocenters. The summed E-state index contributed by atoms with van der Waals surface area (Å²) >= 11 is 0. The van der Waals surface area contributed by atoms with Gasteiger partial charge in [-0.3, -0.25) is 4.79 Å². The molecule has 0 saturated carbocycles. The average Bonchev–Trinajstić information content (AvgIpc) is 2.29. The van der Waals surface area contributed by atoms with E-state index in [0.717, 1.165) is 6.07 Å². The van der Waals surface area contributed by atoms with E-state index in [-0.39, 0.29) is 17.9 Å². The van der Waals surface area contributed by atoms with Crippen molar-refractivity contribution < 1.29 is 23.4 Å². The van der Waals surface area contributed by atoms with Gasteiger partial charge in [0.05, 0.1) is 24.8 Å². The molecule has 0 amide bonds. The number of hydrogen-bond donors (Lipinski definition) is 2. The smallest absolute Gasteiger partial charge is 0.267 e. The van der Waals surface area contributed by atoms with Crippen molar-refractivity contribution in [2.24, 2.45) is 0 Å². The highest BCUT2D eigenvalue weighted by Gasteiger charge is 2.21. The van der Waals surface area contributed by atoms with Gasteiger partial charge in [0.2, 0.25) is 0 Å². The average molecular weight is 245 g/mol. The van der Waals surface area contributed by atoms with Crippen molar-refractivity contribution in [1.82, 2.24) is 5.32 Å². The lowest BCUT2D eigenvalue weighted by atomic mass is 10.0. The largest absolute Gasteiger partial charge is 0.507 e. The van der Waals surface area contributed by atoms with Crippen LogP contribution >= 0.6 is 0 Å². The van der Waals surface area contributed by atoms with E-state index in [1.807, 2.05) is 0 Å². The fraction of sp³-hybridized carbons (Fsp3) is 0.364. The minimum atomic E-state index is -2.87. The molecule has 0 bridgehead atoms. The maximum atomic E-state index is 12.6. The second-order valence-electron chi connectivity index (χ2n) is 3.37. The molecule has 0 fully saturated rings. The predicted octanol–water partition coefficient (Wildman–Crippen LogP) is 1.74. The third kappa shape index (κ3) is 2.91. The van der Waals surface area contributed by atoms with Gasteiger partial charge < -0.3 is 15.2 Å². The third-order valence-electron chi connectivity index (χ3n) is 2.22. The predicted molar refractivity (Wildman–Crippen MR) is 57.9 cm³/mol. The van der Waals surface area contributed by atoms with Crippen LogP contribution in [0, 0.1) is 0 Å². The number of aromatic hydroxyl groups is 1. The van der Waals surface area contributed by atoms with E-state index in [9.17, 15) is 18.7 Å². The summed E-state index contributed by atoms with van der Waals surface area (Å²) in [4.78, 5) is 11.6. The molecule has 0 saturated heterocycles. The van der Waals surface area contributed by atoms with E-state index >= 15 is 0 Å². The minimum absolute atomic E-state index is 0.0522. The molecule has 94 valence electrons. The Labute approximate surface area is 97.2 Å². The lowest BCUT2D eigenvalue weighted by molar-refractivity contribution is 0.0989. The van der Waals surface area contributed by atoms with Gasteiger partial charge in [-0.05, 0) is 19.2 Å². The summed E-state index contributed by atoms with van der Waals surface area (Å²) in [6, 6.07) is 2.25. The molecule has 2 N–H and O–H groups in total. The fourth-order valence-corrected chi connectivity index (χ4v) is 1.38. The lowest BCUT2D eigenvalue weighted by Crippen LogP contribution is -2.19. The van der Waals surface area contributed by atoms with Gasteiger partial charge in [0.15, 0.2) is 5.78 Å². The number of phenols is 1. The van der Waals surface area contributed by atoms with Gasteiger partial charge in [-0.2, -0.15) is 0 Å². The van der Waals surface area contributed by atoms with Gasteiger partial charge in [-0.25, -0.2) is 8.78 Å². The van der Waals surface area contributed by atoms with Crippen LogP contribution in [0.5, 0.6) is 11.5 Å². The minimum Gasteiger partial charge on any atom is -0.507 e. The van der Waals surface area contributed by atoms with E-state index in [0.29, 0.717) is 0 Å². The zero-order valence-corrected chi connectivity index (χ0v) is 9.46. The summed E-state index contributed by atoms with van der Waals surface area (Å²) in [5.74, 6) is -1.07. The first-order valence-corrected chi connectivity index (χ1v) is 4.88. The Morgan fingerprint density at radius 2 is 2.18 bits per heavy atom. The highest BCUT2D eigenvalue weighted by molar-refractivity contribution is 6.00. The second-order valence-corrected chi connectivity index (χ2v) is 3.37. The number of Topliss-reactive ketones (excluding diaryl/α,β-unsaturated/α-hetero) is 1. The maximum absolute atomic E-state index is 12.6. The number of ether oxygens (including phenoxy) is 1.